The highest BCUT2D eigenvalue weighted by Crippen LogP contribution is 2.23. The predicted molar refractivity (Wildman–Crippen MR) is 105 cm³/mol. The molecule has 1 amide bonds. The molecule has 0 spiro atoms. The molecule has 7 heteroatoms. The molecule has 0 fully saturated rings. The molecule has 3 rings (SSSR count). The molecule has 0 atom stereocenters. The van der Waals surface area contributed by atoms with Gasteiger partial charge in [-0.3, -0.25) is 4.79 Å². The van der Waals surface area contributed by atoms with Gasteiger partial charge in [0.25, 0.3) is 0 Å². The minimum atomic E-state index is -0.0741. The summed E-state index contributed by atoms with van der Waals surface area (Å²) in [7, 11) is 1.90. The number of halogens is 1. The van der Waals surface area contributed by atoms with Crippen molar-refractivity contribution in [3.8, 4) is 11.4 Å². The van der Waals surface area contributed by atoms with Crippen molar-refractivity contribution in [2.45, 2.75) is 18.6 Å². The molecule has 0 unspecified atom stereocenters. The Hall–Kier alpha value is -2.31. The maximum atomic E-state index is 12.1. The Bertz CT molecular complexity index is 925. The van der Waals surface area contributed by atoms with Crippen LogP contribution in [0.15, 0.2) is 53.7 Å². The largest absolute Gasteiger partial charge is 0.351 e. The quantitative estimate of drug-likeness (QED) is 0.653. The fourth-order valence-electron chi connectivity index (χ4n) is 2.49. The number of hydrogen-bond acceptors (Lipinski definition) is 4. The Morgan fingerprint density at radius 2 is 2.00 bits per heavy atom. The first-order valence-electron chi connectivity index (χ1n) is 8.14. The number of nitrogens with zero attached hydrogens (tertiary/aromatic N) is 3. The summed E-state index contributed by atoms with van der Waals surface area (Å²) in [5.74, 6) is 0.979. The molecule has 134 valence electrons. The van der Waals surface area contributed by atoms with Crippen molar-refractivity contribution in [2.75, 3.05) is 5.75 Å². The molecule has 1 aromatic heterocycles. The molecule has 0 saturated heterocycles. The van der Waals surface area contributed by atoms with E-state index in [0.29, 0.717) is 16.7 Å². The fourth-order valence-corrected chi connectivity index (χ4v) is 3.44. The SMILES string of the molecule is Cc1cccc(-c2nnc(SCC(=O)NCc3ccccc3Cl)n2C)c1. The molecule has 1 N–H and O–H groups in total. The van der Waals surface area contributed by atoms with Gasteiger partial charge in [0.15, 0.2) is 11.0 Å². The summed E-state index contributed by atoms with van der Waals surface area (Å²) in [5, 5.41) is 12.7. The highest BCUT2D eigenvalue weighted by atomic mass is 35.5. The van der Waals surface area contributed by atoms with E-state index in [4.69, 9.17) is 11.6 Å². The van der Waals surface area contributed by atoms with E-state index >= 15 is 0 Å². The molecule has 0 bridgehead atoms. The molecular formula is C19H19ClN4OS. The Balaban J connectivity index is 1.58. The zero-order valence-corrected chi connectivity index (χ0v) is 16.1. The van der Waals surface area contributed by atoms with Gasteiger partial charge in [-0.15, -0.1) is 10.2 Å². The molecule has 0 aliphatic heterocycles. The van der Waals surface area contributed by atoms with Crippen LogP contribution in [0, 0.1) is 6.92 Å². The second kappa shape index (κ2) is 8.38. The van der Waals surface area contributed by atoms with Gasteiger partial charge in [0.1, 0.15) is 0 Å². The van der Waals surface area contributed by atoms with Crippen LogP contribution >= 0.6 is 23.4 Å². The fraction of sp³-hybridized carbons (Fsp3) is 0.211. The van der Waals surface area contributed by atoms with Gasteiger partial charge in [0.2, 0.25) is 5.91 Å². The van der Waals surface area contributed by atoms with Crippen LogP contribution in [0.2, 0.25) is 5.02 Å². The number of thioether (sulfide) groups is 1. The van der Waals surface area contributed by atoms with Crippen LogP contribution in [0.1, 0.15) is 11.1 Å². The number of nitrogens with one attached hydrogen (secondary N) is 1. The van der Waals surface area contributed by atoms with Crippen molar-refractivity contribution in [1.29, 1.82) is 0 Å². The van der Waals surface area contributed by atoms with Crippen LogP contribution in [0.3, 0.4) is 0 Å². The van der Waals surface area contributed by atoms with Gasteiger partial charge in [0, 0.05) is 24.2 Å². The summed E-state index contributed by atoms with van der Waals surface area (Å²) in [5.41, 5.74) is 3.07. The van der Waals surface area contributed by atoms with E-state index in [9.17, 15) is 4.79 Å². The first kappa shape index (κ1) is 18.5. The minimum absolute atomic E-state index is 0.0741. The summed E-state index contributed by atoms with van der Waals surface area (Å²) in [6, 6.07) is 15.6. The second-order valence-corrected chi connectivity index (χ2v) is 7.24. The molecule has 0 radical (unpaired) electrons. The van der Waals surface area contributed by atoms with Gasteiger partial charge in [-0.2, -0.15) is 0 Å². The summed E-state index contributed by atoms with van der Waals surface area (Å²) >= 11 is 7.45. The third-order valence-electron chi connectivity index (χ3n) is 3.88. The summed E-state index contributed by atoms with van der Waals surface area (Å²) in [6.07, 6.45) is 0. The number of amides is 1. The number of aryl methyl sites for hydroxylation is 1. The highest BCUT2D eigenvalue weighted by molar-refractivity contribution is 7.99. The van der Waals surface area contributed by atoms with Gasteiger partial charge in [-0.1, -0.05) is 65.3 Å². The van der Waals surface area contributed by atoms with Crippen LogP contribution in [0.5, 0.6) is 0 Å². The molecule has 2 aromatic carbocycles. The van der Waals surface area contributed by atoms with E-state index in [1.807, 2.05) is 61.0 Å². The number of benzene rings is 2. The molecular weight excluding hydrogens is 368 g/mol. The Morgan fingerprint density at radius 1 is 1.19 bits per heavy atom. The van der Waals surface area contributed by atoms with Crippen LogP contribution in [0.25, 0.3) is 11.4 Å². The standard InChI is InChI=1S/C19H19ClN4OS/c1-13-6-5-8-14(10-13)18-22-23-19(24(18)2)26-12-17(25)21-11-15-7-3-4-9-16(15)20/h3-10H,11-12H2,1-2H3,(H,21,25). The topological polar surface area (TPSA) is 59.8 Å². The Kier molecular flexibility index (Phi) is 5.96. The van der Waals surface area contributed by atoms with Crippen molar-refractivity contribution in [2.24, 2.45) is 7.05 Å². The summed E-state index contributed by atoms with van der Waals surface area (Å²) in [4.78, 5) is 12.1. The smallest absolute Gasteiger partial charge is 0.230 e. The van der Waals surface area contributed by atoms with Gasteiger partial charge in [0.05, 0.1) is 5.75 Å². The highest BCUT2D eigenvalue weighted by Gasteiger charge is 2.13. The van der Waals surface area contributed by atoms with Crippen LogP contribution in [-0.2, 0) is 18.4 Å². The van der Waals surface area contributed by atoms with Gasteiger partial charge in [-0.05, 0) is 24.6 Å². The van der Waals surface area contributed by atoms with Crippen molar-refractivity contribution in [3.63, 3.8) is 0 Å². The Labute approximate surface area is 161 Å². The first-order chi connectivity index (χ1) is 12.5. The van der Waals surface area contributed by atoms with Crippen molar-refractivity contribution in [1.82, 2.24) is 20.1 Å². The molecule has 26 heavy (non-hydrogen) atoms. The summed E-state index contributed by atoms with van der Waals surface area (Å²) < 4.78 is 1.90. The van der Waals surface area contributed by atoms with Gasteiger partial charge in [-0.25, -0.2) is 0 Å². The maximum Gasteiger partial charge on any atom is 0.230 e. The van der Waals surface area contributed by atoms with Crippen LogP contribution in [-0.4, -0.2) is 26.4 Å². The molecule has 1 heterocycles. The lowest BCUT2D eigenvalue weighted by atomic mass is 10.1. The third kappa shape index (κ3) is 4.45. The lowest BCUT2D eigenvalue weighted by molar-refractivity contribution is -0.118. The molecule has 0 aliphatic carbocycles. The van der Waals surface area contributed by atoms with E-state index in [1.165, 1.54) is 17.3 Å². The average Bonchev–Trinajstić information content (AvgIpc) is 3.00. The van der Waals surface area contributed by atoms with Gasteiger partial charge >= 0.3 is 0 Å². The minimum Gasteiger partial charge on any atom is -0.351 e. The third-order valence-corrected chi connectivity index (χ3v) is 5.27. The number of carbonyl (C=O) groups is 1. The monoisotopic (exact) mass is 386 g/mol. The van der Waals surface area contributed by atoms with Crippen LogP contribution < -0.4 is 5.32 Å². The second-order valence-electron chi connectivity index (χ2n) is 5.89. The van der Waals surface area contributed by atoms with Crippen molar-refractivity contribution >= 4 is 29.3 Å². The molecule has 0 saturated carbocycles. The van der Waals surface area contributed by atoms with Crippen LogP contribution in [0.4, 0.5) is 0 Å². The predicted octanol–water partition coefficient (Wildman–Crippen LogP) is 3.85. The van der Waals surface area contributed by atoms with E-state index in [0.717, 1.165) is 17.0 Å². The molecule has 5 nitrogen and oxygen atoms in total. The van der Waals surface area contributed by atoms with E-state index < -0.39 is 0 Å². The molecule has 3 aromatic rings. The van der Waals surface area contributed by atoms with E-state index in [2.05, 4.69) is 21.6 Å². The van der Waals surface area contributed by atoms with E-state index in [1.54, 1.807) is 0 Å². The summed E-state index contributed by atoms with van der Waals surface area (Å²) in [6.45, 7) is 2.45. The average molecular weight is 387 g/mol. The zero-order chi connectivity index (χ0) is 18.5. The van der Waals surface area contributed by atoms with E-state index in [-0.39, 0.29) is 11.7 Å². The number of aromatic nitrogens is 3. The number of rotatable bonds is 6. The number of hydrogen-bond donors (Lipinski definition) is 1. The first-order valence-corrected chi connectivity index (χ1v) is 9.50. The lowest BCUT2D eigenvalue weighted by Crippen LogP contribution is -2.24. The molecule has 0 aliphatic rings. The lowest BCUT2D eigenvalue weighted by Gasteiger charge is -2.07. The van der Waals surface area contributed by atoms with Crippen molar-refractivity contribution < 1.29 is 4.79 Å². The maximum absolute atomic E-state index is 12.1. The Morgan fingerprint density at radius 3 is 2.77 bits per heavy atom. The number of carbonyl (C=O) groups excluding carboxylic acids is 1. The zero-order valence-electron chi connectivity index (χ0n) is 14.6. The van der Waals surface area contributed by atoms with Crippen molar-refractivity contribution in [3.05, 3.63) is 64.7 Å². The van der Waals surface area contributed by atoms with Gasteiger partial charge < -0.3 is 9.88 Å². The normalized spacial score (nSPS) is 10.7.